The Hall–Kier alpha value is -3.10. The first-order chi connectivity index (χ1) is 15.3. The first-order valence-electron chi connectivity index (χ1n) is 10.9. The van der Waals surface area contributed by atoms with Crippen LogP contribution in [-0.4, -0.2) is 37.3 Å². The molecular formula is C23H24F3N5O. The van der Waals surface area contributed by atoms with E-state index in [1.807, 2.05) is 6.92 Å². The van der Waals surface area contributed by atoms with Crippen molar-refractivity contribution in [2.45, 2.75) is 45.1 Å². The first kappa shape index (κ1) is 20.8. The van der Waals surface area contributed by atoms with Gasteiger partial charge in [0.1, 0.15) is 0 Å². The second-order valence-corrected chi connectivity index (χ2v) is 8.78. The average Bonchev–Trinajstić information content (AvgIpc) is 3.32. The van der Waals surface area contributed by atoms with Gasteiger partial charge in [-0.15, -0.1) is 0 Å². The van der Waals surface area contributed by atoms with Crippen LogP contribution in [0.15, 0.2) is 18.3 Å². The molecular weight excluding hydrogens is 419 g/mol. The number of nitrogens with zero attached hydrogens (tertiary/aromatic N) is 4. The van der Waals surface area contributed by atoms with Gasteiger partial charge in [0.2, 0.25) is 0 Å². The van der Waals surface area contributed by atoms with Crippen LogP contribution in [0, 0.1) is 23.4 Å². The molecule has 1 N–H and O–H groups in total. The van der Waals surface area contributed by atoms with Crippen LogP contribution in [0.25, 0.3) is 11.3 Å². The molecule has 1 aliphatic carbocycles. The number of aromatic nitrogens is 4. The lowest BCUT2D eigenvalue weighted by molar-refractivity contribution is 0.0672. The van der Waals surface area contributed by atoms with Crippen molar-refractivity contribution < 1.29 is 18.0 Å². The molecule has 0 spiro atoms. The van der Waals surface area contributed by atoms with E-state index in [-0.39, 0.29) is 17.5 Å². The van der Waals surface area contributed by atoms with Crippen LogP contribution in [0.3, 0.4) is 0 Å². The van der Waals surface area contributed by atoms with Crippen LogP contribution in [0.5, 0.6) is 0 Å². The lowest BCUT2D eigenvalue weighted by Gasteiger charge is -2.33. The summed E-state index contributed by atoms with van der Waals surface area (Å²) in [5, 5.41) is 11.7. The van der Waals surface area contributed by atoms with E-state index < -0.39 is 17.5 Å². The molecule has 1 fully saturated rings. The van der Waals surface area contributed by atoms with Gasteiger partial charge in [-0.2, -0.15) is 10.2 Å². The van der Waals surface area contributed by atoms with E-state index in [2.05, 4.69) is 15.3 Å². The standard InChI is InChI=1S/C23H24F3N5O/c1-12-21-15(22(30(2)29-21)14-9-17(24)20(26)18(25)10-14)6-7-31(12)23(32)16-11-27-28-19(16)8-13-4-3-5-13/h9-13H,3-8H2,1-2H3,(H,27,28)/t12-/m0/s1. The molecule has 2 aliphatic rings. The molecule has 0 bridgehead atoms. The van der Waals surface area contributed by atoms with Crippen LogP contribution in [0.1, 0.15) is 59.5 Å². The average molecular weight is 443 g/mol. The Morgan fingerprint density at radius 1 is 1.22 bits per heavy atom. The number of aromatic amines is 1. The quantitative estimate of drug-likeness (QED) is 0.611. The molecule has 3 aromatic rings. The summed E-state index contributed by atoms with van der Waals surface area (Å²) in [7, 11) is 1.68. The van der Waals surface area contributed by atoms with E-state index in [1.165, 1.54) is 19.3 Å². The predicted molar refractivity (Wildman–Crippen MR) is 111 cm³/mol. The number of nitrogens with one attached hydrogen (secondary N) is 1. The number of H-pyrrole nitrogens is 1. The number of rotatable bonds is 4. The van der Waals surface area contributed by atoms with Gasteiger partial charge in [-0.25, -0.2) is 13.2 Å². The molecule has 2 aromatic heterocycles. The maximum Gasteiger partial charge on any atom is 0.257 e. The molecule has 1 saturated carbocycles. The summed E-state index contributed by atoms with van der Waals surface area (Å²) in [5.74, 6) is -3.48. The largest absolute Gasteiger partial charge is 0.330 e. The Bertz CT molecular complexity index is 1170. The molecule has 1 aliphatic heterocycles. The van der Waals surface area contributed by atoms with E-state index in [0.29, 0.717) is 35.8 Å². The first-order valence-corrected chi connectivity index (χ1v) is 10.9. The van der Waals surface area contributed by atoms with E-state index >= 15 is 0 Å². The molecule has 9 heteroatoms. The minimum absolute atomic E-state index is 0.0997. The van der Waals surface area contributed by atoms with Gasteiger partial charge in [0.15, 0.2) is 17.5 Å². The van der Waals surface area contributed by atoms with Crippen LogP contribution < -0.4 is 0 Å². The second-order valence-electron chi connectivity index (χ2n) is 8.78. The third-order valence-corrected chi connectivity index (χ3v) is 6.83. The number of hydrogen-bond acceptors (Lipinski definition) is 3. The molecule has 168 valence electrons. The van der Waals surface area contributed by atoms with Gasteiger partial charge in [-0.1, -0.05) is 19.3 Å². The van der Waals surface area contributed by atoms with Gasteiger partial charge in [-0.3, -0.25) is 14.6 Å². The molecule has 0 saturated heterocycles. The van der Waals surface area contributed by atoms with E-state index in [4.69, 9.17) is 0 Å². The number of aryl methyl sites for hydroxylation is 1. The molecule has 5 rings (SSSR count). The fraction of sp³-hybridized carbons (Fsp3) is 0.435. The molecule has 0 unspecified atom stereocenters. The van der Waals surface area contributed by atoms with Crippen molar-refractivity contribution in [3.63, 3.8) is 0 Å². The zero-order chi connectivity index (χ0) is 22.6. The second kappa shape index (κ2) is 7.79. The number of carbonyl (C=O) groups is 1. The summed E-state index contributed by atoms with van der Waals surface area (Å²) in [6, 6.07) is 1.64. The Morgan fingerprint density at radius 3 is 2.59 bits per heavy atom. The van der Waals surface area contributed by atoms with Crippen molar-refractivity contribution in [2.75, 3.05) is 6.54 Å². The number of hydrogen-bond donors (Lipinski definition) is 1. The number of fused-ring (bicyclic) bond motifs is 1. The van der Waals surface area contributed by atoms with Gasteiger partial charge in [-0.05, 0) is 37.8 Å². The molecule has 6 nitrogen and oxygen atoms in total. The molecule has 32 heavy (non-hydrogen) atoms. The molecule has 0 radical (unpaired) electrons. The van der Waals surface area contributed by atoms with Crippen molar-refractivity contribution in [1.82, 2.24) is 24.9 Å². The highest BCUT2D eigenvalue weighted by Crippen LogP contribution is 2.37. The summed E-state index contributed by atoms with van der Waals surface area (Å²) >= 11 is 0. The van der Waals surface area contributed by atoms with Crippen LogP contribution >= 0.6 is 0 Å². The van der Waals surface area contributed by atoms with Gasteiger partial charge in [0.25, 0.3) is 5.91 Å². The lowest BCUT2D eigenvalue weighted by Crippen LogP contribution is -2.39. The van der Waals surface area contributed by atoms with E-state index in [0.717, 1.165) is 29.8 Å². The zero-order valence-corrected chi connectivity index (χ0v) is 18.0. The molecule has 1 amide bonds. The van der Waals surface area contributed by atoms with Crippen LogP contribution in [0.2, 0.25) is 0 Å². The van der Waals surface area contributed by atoms with Crippen molar-refractivity contribution >= 4 is 5.91 Å². The SMILES string of the molecule is C[C@H]1c2nn(C)c(-c3cc(F)c(F)c(F)c3)c2CCN1C(=O)c1cn[nH]c1CC1CCC1. The summed E-state index contributed by atoms with van der Waals surface area (Å²) < 4.78 is 42.7. The molecule has 1 atom stereocenters. The number of carbonyl (C=O) groups excluding carboxylic acids is 1. The van der Waals surface area contributed by atoms with Crippen molar-refractivity contribution in [2.24, 2.45) is 13.0 Å². The minimum atomic E-state index is -1.49. The number of benzene rings is 1. The predicted octanol–water partition coefficient (Wildman–Crippen LogP) is 4.33. The topological polar surface area (TPSA) is 66.8 Å². The zero-order valence-electron chi connectivity index (χ0n) is 18.0. The van der Waals surface area contributed by atoms with Crippen molar-refractivity contribution in [1.29, 1.82) is 0 Å². The monoisotopic (exact) mass is 443 g/mol. The lowest BCUT2D eigenvalue weighted by atomic mass is 9.81. The van der Waals surface area contributed by atoms with E-state index in [9.17, 15) is 18.0 Å². The third kappa shape index (κ3) is 3.30. The van der Waals surface area contributed by atoms with Crippen molar-refractivity contribution in [3.05, 3.63) is 58.3 Å². The maximum absolute atomic E-state index is 13.8. The highest BCUT2D eigenvalue weighted by molar-refractivity contribution is 5.95. The fourth-order valence-corrected chi connectivity index (χ4v) is 4.87. The summed E-state index contributed by atoms with van der Waals surface area (Å²) in [4.78, 5) is 15.1. The Kier molecular flexibility index (Phi) is 5.06. The number of halogens is 3. The maximum atomic E-state index is 13.8. The highest BCUT2D eigenvalue weighted by Gasteiger charge is 2.35. The van der Waals surface area contributed by atoms with Gasteiger partial charge in [0, 0.05) is 30.4 Å². The smallest absolute Gasteiger partial charge is 0.257 e. The van der Waals surface area contributed by atoms with Gasteiger partial charge >= 0.3 is 0 Å². The minimum Gasteiger partial charge on any atom is -0.330 e. The normalized spacial score (nSPS) is 18.5. The summed E-state index contributed by atoms with van der Waals surface area (Å²) in [5.41, 5.74) is 3.71. The Labute approximate surface area is 183 Å². The van der Waals surface area contributed by atoms with Crippen LogP contribution in [-0.2, 0) is 19.9 Å². The molecule has 3 heterocycles. The van der Waals surface area contributed by atoms with Gasteiger partial charge in [0.05, 0.1) is 29.2 Å². The fourth-order valence-electron chi connectivity index (χ4n) is 4.87. The molecule has 1 aromatic carbocycles. The summed E-state index contributed by atoms with van der Waals surface area (Å²) in [6.45, 7) is 2.33. The van der Waals surface area contributed by atoms with Crippen molar-refractivity contribution in [3.8, 4) is 11.3 Å². The van der Waals surface area contributed by atoms with Crippen LogP contribution in [0.4, 0.5) is 13.2 Å². The highest BCUT2D eigenvalue weighted by atomic mass is 19.2. The third-order valence-electron chi connectivity index (χ3n) is 6.83. The van der Waals surface area contributed by atoms with Gasteiger partial charge < -0.3 is 4.90 Å². The number of amides is 1. The van der Waals surface area contributed by atoms with E-state index in [1.54, 1.807) is 22.8 Å². The summed E-state index contributed by atoms with van der Waals surface area (Å²) in [6.07, 6.45) is 6.48. The Morgan fingerprint density at radius 2 is 1.94 bits per heavy atom. The Balaban J connectivity index is 1.45.